The molecule has 86 heavy (non-hydrogen) atoms. The van der Waals surface area contributed by atoms with Gasteiger partial charge in [0, 0.05) is 94.3 Å². The van der Waals surface area contributed by atoms with Crippen molar-refractivity contribution < 1.29 is 92.3 Å². The minimum Gasteiger partial charge on any atom is -0.481 e. The van der Waals surface area contributed by atoms with Gasteiger partial charge in [0.1, 0.15) is 0 Å². The van der Waals surface area contributed by atoms with E-state index in [1.54, 1.807) is 27.7 Å². The molecule has 0 aliphatic rings. The molecule has 0 saturated carbocycles. The molecule has 0 rings (SSSR count). The highest BCUT2D eigenvalue weighted by Crippen LogP contribution is 2.23. The average Bonchev–Trinajstić information content (AvgIpc) is 3.07. The molecule has 0 fully saturated rings. The monoisotopic (exact) mass is 1220 g/mol. The van der Waals surface area contributed by atoms with Crippen molar-refractivity contribution in [3.63, 3.8) is 0 Å². The Hall–Kier alpha value is -6.95. The first kappa shape index (κ1) is 79.0. The van der Waals surface area contributed by atoms with E-state index in [9.17, 15) is 92.3 Å². The number of Topliss-reactive ketones (excluding diaryl/α,β-unsaturated/α-hetero) is 5. The number of rotatable bonds is 53. The lowest BCUT2D eigenvalue weighted by Gasteiger charge is -2.26. The fourth-order valence-electron chi connectivity index (χ4n) is 9.58. The van der Waals surface area contributed by atoms with E-state index in [4.69, 9.17) is 5.73 Å². The molecule has 0 aliphatic carbocycles. The van der Waals surface area contributed by atoms with Crippen LogP contribution in [0.1, 0.15) is 228 Å². The maximum absolute atomic E-state index is 14.0. The Kier molecular flexibility index (Phi) is 40.9. The van der Waals surface area contributed by atoms with Gasteiger partial charge >= 0.3 is 23.9 Å². The topological polar surface area (TPSA) is 423 Å². The number of carbonyl (C=O) groups is 15. The summed E-state index contributed by atoms with van der Waals surface area (Å²) in [6, 6.07) is -5.36. The Bertz CT molecular complexity index is 2270. The second kappa shape index (κ2) is 44.5. The molecule has 25 nitrogen and oxygen atoms in total. The van der Waals surface area contributed by atoms with Gasteiger partial charge in [-0.1, -0.05) is 119 Å². The van der Waals surface area contributed by atoms with Gasteiger partial charge in [-0.25, -0.2) is 0 Å². The first-order chi connectivity index (χ1) is 40.4. The number of nitrogens with one attached hydrogen (secondary N) is 5. The predicted molar refractivity (Wildman–Crippen MR) is 315 cm³/mol. The van der Waals surface area contributed by atoms with Crippen LogP contribution in [0.3, 0.4) is 0 Å². The largest absolute Gasteiger partial charge is 0.481 e. The number of carbonyl (C=O) groups excluding carboxylic acids is 11. The number of carboxylic acids is 4. The van der Waals surface area contributed by atoms with Crippen LogP contribution in [0.5, 0.6) is 0 Å². The normalized spacial score (nSPS) is 14.0. The van der Waals surface area contributed by atoms with Crippen LogP contribution < -0.4 is 32.3 Å². The highest BCUT2D eigenvalue weighted by atomic mass is 16.4. The SMILES string of the molecule is CCCCCCCCCCCCCCCC(=O)N[C@H](C(=O)C[C@H](C(=O)N[C@@H](C)C(=O)C[C@@H](C)C(=O)N[C@@H](CCC(=O)O)C(=O)C[C@@H](CCC(=O)O)C(=O)NC(CCC(=O)O)C(=O)C[C@@H](CCC(=O)O)C(=O)NCC(=O)CCC(N)=O)C(C)C)C(C)C. The highest BCUT2D eigenvalue weighted by molar-refractivity contribution is 5.98. The summed E-state index contributed by atoms with van der Waals surface area (Å²) in [6.07, 6.45) is 7.42. The molecule has 0 radical (unpaired) electrons. The highest BCUT2D eigenvalue weighted by Gasteiger charge is 2.36. The molecule has 0 aromatic carbocycles. The second-order valence-electron chi connectivity index (χ2n) is 23.4. The van der Waals surface area contributed by atoms with Gasteiger partial charge in [-0.05, 0) is 50.9 Å². The van der Waals surface area contributed by atoms with Crippen molar-refractivity contribution in [3.05, 3.63) is 0 Å². The third-order valence-corrected chi connectivity index (χ3v) is 15.1. The van der Waals surface area contributed by atoms with E-state index < -0.39 is 202 Å². The van der Waals surface area contributed by atoms with Crippen molar-refractivity contribution in [3.8, 4) is 0 Å². The van der Waals surface area contributed by atoms with Gasteiger partial charge in [-0.2, -0.15) is 0 Å². The van der Waals surface area contributed by atoms with E-state index in [0.717, 1.165) is 19.3 Å². The molecular weight excluding hydrogens is 1120 g/mol. The number of primary amides is 1. The summed E-state index contributed by atoms with van der Waals surface area (Å²) in [5.41, 5.74) is 5.05. The minimum absolute atomic E-state index is 0.232. The molecule has 0 aliphatic heterocycles. The predicted octanol–water partition coefficient (Wildman–Crippen LogP) is 5.47. The molecule has 11 N–H and O–H groups in total. The molecule has 0 aromatic heterocycles. The number of hydrogen-bond donors (Lipinski definition) is 10. The molecule has 0 bridgehead atoms. The van der Waals surface area contributed by atoms with E-state index in [0.29, 0.717) is 6.42 Å². The van der Waals surface area contributed by atoms with Crippen molar-refractivity contribution in [2.45, 2.75) is 252 Å². The summed E-state index contributed by atoms with van der Waals surface area (Å²) < 4.78 is 0. The fourth-order valence-corrected chi connectivity index (χ4v) is 9.58. The molecule has 488 valence electrons. The van der Waals surface area contributed by atoms with Crippen LogP contribution in [0.25, 0.3) is 0 Å². The minimum atomic E-state index is -1.70. The number of amides is 6. The van der Waals surface area contributed by atoms with Gasteiger partial charge < -0.3 is 52.7 Å². The Morgan fingerprint density at radius 2 is 0.826 bits per heavy atom. The summed E-state index contributed by atoms with van der Waals surface area (Å²) >= 11 is 0. The third kappa shape index (κ3) is 36.8. The zero-order valence-corrected chi connectivity index (χ0v) is 51.8. The van der Waals surface area contributed by atoms with Crippen molar-refractivity contribution >= 4 is 88.2 Å². The number of ketones is 5. The molecular formula is C61H100N6O19. The van der Waals surface area contributed by atoms with Gasteiger partial charge in [0.15, 0.2) is 28.9 Å². The molecule has 0 aromatic rings. The van der Waals surface area contributed by atoms with E-state index in [1.165, 1.54) is 71.6 Å². The number of aliphatic carboxylic acids is 4. The molecule has 0 saturated heterocycles. The molecule has 1 unspecified atom stereocenters. The molecule has 0 spiro atoms. The van der Waals surface area contributed by atoms with E-state index in [2.05, 4.69) is 33.5 Å². The average molecular weight is 1220 g/mol. The summed E-state index contributed by atoms with van der Waals surface area (Å²) in [4.78, 5) is 192. The van der Waals surface area contributed by atoms with Crippen LogP contribution in [0.15, 0.2) is 0 Å². The molecule has 6 amide bonds. The number of unbranched alkanes of at least 4 members (excludes halogenated alkanes) is 12. The lowest BCUT2D eigenvalue weighted by molar-refractivity contribution is -0.141. The standard InChI is InChI=1S/C61H100N6O19/c1-8-9-10-11-12-13-14-15-16-17-18-19-20-21-52(74)67-57(38(4)5)50(72)35-44(37(2)3)61(86)64-40(7)47(69)32-39(6)58(83)65-45(25-30-55(79)80)49(71)34-42(23-29-54(77)78)60(85)66-46(26-31-56(81)82)48(70)33-41(22-28-53(75)76)59(84)63-36-43(68)24-27-51(62)73/h37-42,44-46,57H,8-36H2,1-7H3,(H2,62,73)(H,63,84)(H,64,86)(H,65,83)(H,66,85)(H,67,74)(H,75,76)(H,77,78)(H,79,80)(H,81,82)/t39-,40+,41-,42-,44+,45+,46?,57+/m1/s1. The van der Waals surface area contributed by atoms with Gasteiger partial charge in [-0.3, -0.25) is 71.9 Å². The van der Waals surface area contributed by atoms with Crippen LogP contribution in [0.2, 0.25) is 0 Å². The van der Waals surface area contributed by atoms with Gasteiger partial charge in [0.25, 0.3) is 0 Å². The fraction of sp³-hybridized carbons (Fsp3) is 0.754. The first-order valence-electron chi connectivity index (χ1n) is 30.7. The van der Waals surface area contributed by atoms with Gasteiger partial charge in [-0.15, -0.1) is 0 Å². The Labute approximate surface area is 505 Å². The Morgan fingerprint density at radius 1 is 0.395 bits per heavy atom. The molecule has 0 heterocycles. The maximum Gasteiger partial charge on any atom is 0.303 e. The number of carboxylic acid groups (broad SMARTS) is 4. The smallest absolute Gasteiger partial charge is 0.303 e. The summed E-state index contributed by atoms with van der Waals surface area (Å²) in [5.74, 6) is -19.5. The second-order valence-corrected chi connectivity index (χ2v) is 23.4. The number of nitrogens with two attached hydrogens (primary N) is 1. The van der Waals surface area contributed by atoms with Crippen molar-refractivity contribution in [1.29, 1.82) is 0 Å². The Morgan fingerprint density at radius 3 is 1.26 bits per heavy atom. The molecule has 25 heteroatoms. The lowest BCUT2D eigenvalue weighted by atomic mass is 9.85. The van der Waals surface area contributed by atoms with Crippen LogP contribution in [-0.2, 0) is 71.9 Å². The van der Waals surface area contributed by atoms with Gasteiger partial charge in [0.2, 0.25) is 35.4 Å². The van der Waals surface area contributed by atoms with E-state index in [-0.39, 0.29) is 49.2 Å². The zero-order chi connectivity index (χ0) is 65.5. The summed E-state index contributed by atoms with van der Waals surface area (Å²) in [6.45, 7) is 11.4. The maximum atomic E-state index is 14.0. The molecule has 8 atom stereocenters. The lowest BCUT2D eigenvalue weighted by Crippen LogP contribution is -2.49. The van der Waals surface area contributed by atoms with Crippen LogP contribution in [0.4, 0.5) is 0 Å². The summed E-state index contributed by atoms with van der Waals surface area (Å²) in [7, 11) is 0. The van der Waals surface area contributed by atoms with Gasteiger partial charge in [0.05, 0.1) is 30.7 Å². The van der Waals surface area contributed by atoms with Crippen LogP contribution >= 0.6 is 0 Å². The third-order valence-electron chi connectivity index (χ3n) is 15.1. The van der Waals surface area contributed by atoms with E-state index in [1.807, 2.05) is 0 Å². The van der Waals surface area contributed by atoms with Crippen molar-refractivity contribution in [2.24, 2.45) is 41.2 Å². The van der Waals surface area contributed by atoms with Crippen molar-refractivity contribution in [2.75, 3.05) is 6.54 Å². The summed E-state index contributed by atoms with van der Waals surface area (Å²) in [5, 5.41) is 50.3. The first-order valence-corrected chi connectivity index (χ1v) is 30.7. The quantitative estimate of drug-likeness (QED) is 0.0337. The number of hydrogen-bond acceptors (Lipinski definition) is 15. The van der Waals surface area contributed by atoms with Crippen LogP contribution in [-0.4, -0.2) is 139 Å². The van der Waals surface area contributed by atoms with Crippen LogP contribution in [0, 0.1) is 35.5 Å². The van der Waals surface area contributed by atoms with E-state index >= 15 is 0 Å². The zero-order valence-electron chi connectivity index (χ0n) is 51.8. The Balaban J connectivity index is 6.01. The van der Waals surface area contributed by atoms with Crippen molar-refractivity contribution in [1.82, 2.24) is 26.6 Å².